The average Bonchev–Trinajstić information content (AvgIpc) is 2.26. The van der Waals surface area contributed by atoms with Crippen LogP contribution in [0.2, 0.25) is 0 Å². The van der Waals surface area contributed by atoms with Crippen molar-refractivity contribution in [2.24, 2.45) is 0 Å². The second-order valence-corrected chi connectivity index (χ2v) is 3.10. The molecule has 0 aliphatic heterocycles. The smallest absolute Gasteiger partial charge is 0.253 e. The number of benzene rings is 1. The van der Waals surface area contributed by atoms with E-state index in [1.807, 2.05) is 13.0 Å². The van der Waals surface area contributed by atoms with E-state index in [9.17, 15) is 9.90 Å². The molecule has 2 N–H and O–H groups in total. The second kappa shape index (κ2) is 5.40. The summed E-state index contributed by atoms with van der Waals surface area (Å²) < 4.78 is 0. The molecule has 0 saturated carbocycles. The standard InChI is InChI=1S/C11H15NO2/c1-2-8-12-11(14)10(13)9-6-4-3-5-7-9/h3-7,10,13H,2,8H2,1H3,(H,12,14). The predicted molar refractivity (Wildman–Crippen MR) is 54.7 cm³/mol. The topological polar surface area (TPSA) is 49.3 Å². The van der Waals surface area contributed by atoms with Crippen LogP contribution in [-0.4, -0.2) is 17.6 Å². The van der Waals surface area contributed by atoms with Gasteiger partial charge in [-0.2, -0.15) is 0 Å². The maximum absolute atomic E-state index is 11.3. The summed E-state index contributed by atoms with van der Waals surface area (Å²) in [5.41, 5.74) is 0.626. The summed E-state index contributed by atoms with van der Waals surface area (Å²) in [6.07, 6.45) is -0.185. The highest BCUT2D eigenvalue weighted by atomic mass is 16.3. The van der Waals surface area contributed by atoms with Crippen LogP contribution in [0.5, 0.6) is 0 Å². The lowest BCUT2D eigenvalue weighted by Crippen LogP contribution is -2.29. The van der Waals surface area contributed by atoms with Crippen molar-refractivity contribution in [3.05, 3.63) is 35.9 Å². The fourth-order valence-corrected chi connectivity index (χ4v) is 1.13. The first-order chi connectivity index (χ1) is 6.75. The molecule has 0 aliphatic rings. The largest absolute Gasteiger partial charge is 0.378 e. The quantitative estimate of drug-likeness (QED) is 0.756. The van der Waals surface area contributed by atoms with Crippen molar-refractivity contribution in [1.82, 2.24) is 5.32 Å². The third-order valence-electron chi connectivity index (χ3n) is 1.91. The molecule has 1 aromatic carbocycles. The van der Waals surface area contributed by atoms with Crippen LogP contribution in [-0.2, 0) is 4.79 Å². The third kappa shape index (κ3) is 2.85. The molecule has 0 spiro atoms. The van der Waals surface area contributed by atoms with E-state index in [-0.39, 0.29) is 5.91 Å². The van der Waals surface area contributed by atoms with Gasteiger partial charge in [-0.05, 0) is 12.0 Å². The number of aliphatic hydroxyl groups excluding tert-OH is 1. The van der Waals surface area contributed by atoms with Crippen LogP contribution in [0.4, 0.5) is 0 Å². The van der Waals surface area contributed by atoms with Gasteiger partial charge in [0, 0.05) is 6.54 Å². The minimum Gasteiger partial charge on any atom is -0.378 e. The van der Waals surface area contributed by atoms with Gasteiger partial charge in [-0.1, -0.05) is 37.3 Å². The molecule has 0 heterocycles. The number of hydrogen-bond donors (Lipinski definition) is 2. The second-order valence-electron chi connectivity index (χ2n) is 3.10. The van der Waals surface area contributed by atoms with Crippen molar-refractivity contribution in [2.45, 2.75) is 19.4 Å². The van der Waals surface area contributed by atoms with E-state index >= 15 is 0 Å². The van der Waals surface area contributed by atoms with Crippen LogP contribution in [0.1, 0.15) is 25.0 Å². The maximum Gasteiger partial charge on any atom is 0.253 e. The average molecular weight is 193 g/mol. The van der Waals surface area contributed by atoms with Crippen molar-refractivity contribution in [3.8, 4) is 0 Å². The number of hydrogen-bond acceptors (Lipinski definition) is 2. The number of carbonyl (C=O) groups excluding carboxylic acids is 1. The summed E-state index contributed by atoms with van der Waals surface area (Å²) in [4.78, 5) is 11.3. The van der Waals surface area contributed by atoms with E-state index in [2.05, 4.69) is 5.32 Å². The van der Waals surface area contributed by atoms with Crippen LogP contribution < -0.4 is 5.32 Å². The number of rotatable bonds is 4. The molecule has 0 aromatic heterocycles. The molecular formula is C11H15NO2. The molecule has 1 aromatic rings. The van der Waals surface area contributed by atoms with Crippen LogP contribution in [0.3, 0.4) is 0 Å². The highest BCUT2D eigenvalue weighted by Gasteiger charge is 2.15. The Hall–Kier alpha value is -1.35. The molecule has 0 fully saturated rings. The Kier molecular flexibility index (Phi) is 4.13. The summed E-state index contributed by atoms with van der Waals surface area (Å²) >= 11 is 0. The Labute approximate surface area is 83.8 Å². The van der Waals surface area contributed by atoms with Crippen molar-refractivity contribution in [3.63, 3.8) is 0 Å². The van der Waals surface area contributed by atoms with Gasteiger partial charge in [-0.25, -0.2) is 0 Å². The van der Waals surface area contributed by atoms with Crippen LogP contribution in [0, 0.1) is 0 Å². The fourth-order valence-electron chi connectivity index (χ4n) is 1.13. The monoisotopic (exact) mass is 193 g/mol. The summed E-state index contributed by atoms with van der Waals surface area (Å²) in [6, 6.07) is 8.91. The molecule has 14 heavy (non-hydrogen) atoms. The zero-order valence-electron chi connectivity index (χ0n) is 8.23. The van der Waals surface area contributed by atoms with Gasteiger partial charge in [-0.15, -0.1) is 0 Å². The molecule has 0 radical (unpaired) electrons. The van der Waals surface area contributed by atoms with Gasteiger partial charge < -0.3 is 10.4 Å². The summed E-state index contributed by atoms with van der Waals surface area (Å²) in [5, 5.41) is 12.2. The van der Waals surface area contributed by atoms with Gasteiger partial charge >= 0.3 is 0 Å². The van der Waals surface area contributed by atoms with Gasteiger partial charge in [0.25, 0.3) is 5.91 Å². The maximum atomic E-state index is 11.3. The van der Waals surface area contributed by atoms with Crippen LogP contribution in [0.25, 0.3) is 0 Å². The van der Waals surface area contributed by atoms with E-state index < -0.39 is 6.10 Å². The lowest BCUT2D eigenvalue weighted by atomic mass is 10.1. The molecule has 1 rings (SSSR count). The van der Waals surface area contributed by atoms with Gasteiger partial charge in [-0.3, -0.25) is 4.79 Å². The van der Waals surface area contributed by atoms with Crippen LogP contribution in [0.15, 0.2) is 30.3 Å². The van der Waals surface area contributed by atoms with Gasteiger partial charge in [0.2, 0.25) is 0 Å². The molecule has 3 heteroatoms. The first kappa shape index (κ1) is 10.7. The summed E-state index contributed by atoms with van der Waals surface area (Å²) in [6.45, 7) is 2.57. The number of nitrogens with one attached hydrogen (secondary N) is 1. The van der Waals surface area contributed by atoms with E-state index in [4.69, 9.17) is 0 Å². The van der Waals surface area contributed by atoms with E-state index in [1.165, 1.54) is 0 Å². The molecule has 0 saturated heterocycles. The zero-order chi connectivity index (χ0) is 10.4. The normalized spacial score (nSPS) is 12.1. The fraction of sp³-hybridized carbons (Fsp3) is 0.364. The Bertz CT molecular complexity index is 285. The minimum absolute atomic E-state index is 0.335. The molecule has 0 bridgehead atoms. The number of aliphatic hydroxyl groups is 1. The Morgan fingerprint density at radius 1 is 1.43 bits per heavy atom. The lowest BCUT2D eigenvalue weighted by molar-refractivity contribution is -0.129. The van der Waals surface area contributed by atoms with E-state index in [0.29, 0.717) is 12.1 Å². The SMILES string of the molecule is CCCNC(=O)C(O)c1ccccc1. The first-order valence-corrected chi connectivity index (χ1v) is 4.76. The van der Waals surface area contributed by atoms with Crippen molar-refractivity contribution >= 4 is 5.91 Å². The van der Waals surface area contributed by atoms with Crippen molar-refractivity contribution in [1.29, 1.82) is 0 Å². The first-order valence-electron chi connectivity index (χ1n) is 4.76. The molecule has 1 amide bonds. The zero-order valence-corrected chi connectivity index (χ0v) is 8.23. The van der Waals surface area contributed by atoms with Crippen LogP contribution >= 0.6 is 0 Å². The molecule has 1 unspecified atom stereocenters. The van der Waals surface area contributed by atoms with Gasteiger partial charge in [0.1, 0.15) is 0 Å². The van der Waals surface area contributed by atoms with E-state index in [0.717, 1.165) is 6.42 Å². The Morgan fingerprint density at radius 2 is 2.07 bits per heavy atom. The Balaban J connectivity index is 2.57. The van der Waals surface area contributed by atoms with Crippen molar-refractivity contribution < 1.29 is 9.90 Å². The highest BCUT2D eigenvalue weighted by molar-refractivity contribution is 5.81. The van der Waals surface area contributed by atoms with Gasteiger partial charge in [0.15, 0.2) is 6.10 Å². The molecule has 1 atom stereocenters. The molecule has 76 valence electrons. The third-order valence-corrected chi connectivity index (χ3v) is 1.91. The number of amides is 1. The van der Waals surface area contributed by atoms with E-state index in [1.54, 1.807) is 24.3 Å². The van der Waals surface area contributed by atoms with Crippen molar-refractivity contribution in [2.75, 3.05) is 6.54 Å². The predicted octanol–water partition coefficient (Wildman–Crippen LogP) is 1.25. The summed E-state index contributed by atoms with van der Waals surface area (Å²) in [7, 11) is 0. The highest BCUT2D eigenvalue weighted by Crippen LogP contribution is 2.11. The molecular weight excluding hydrogens is 178 g/mol. The number of carbonyl (C=O) groups is 1. The summed E-state index contributed by atoms with van der Waals surface area (Å²) in [5.74, 6) is -0.335. The Morgan fingerprint density at radius 3 is 2.64 bits per heavy atom. The minimum atomic E-state index is -1.05. The lowest BCUT2D eigenvalue weighted by Gasteiger charge is -2.10. The molecule has 3 nitrogen and oxygen atoms in total. The molecule has 0 aliphatic carbocycles. The van der Waals surface area contributed by atoms with Gasteiger partial charge in [0.05, 0.1) is 0 Å².